The van der Waals surface area contributed by atoms with Gasteiger partial charge in [-0.1, -0.05) is 13.3 Å². The van der Waals surface area contributed by atoms with Crippen molar-refractivity contribution in [2.24, 2.45) is 5.41 Å². The lowest BCUT2D eigenvalue weighted by molar-refractivity contribution is -0.0924. The van der Waals surface area contributed by atoms with Crippen LogP contribution in [0.4, 0.5) is 5.82 Å². The number of sulfonamides is 1. The largest absolute Gasteiger partial charge is 0.380 e. The van der Waals surface area contributed by atoms with Crippen molar-refractivity contribution in [3.63, 3.8) is 0 Å². The molecule has 1 aromatic heterocycles. The fraction of sp³-hybridized carbons (Fsp3) is 0.667. The first-order chi connectivity index (χ1) is 10.5. The molecule has 3 rings (SSSR count). The Balaban J connectivity index is 1.65. The molecule has 6 nitrogen and oxygen atoms in total. The molecular formula is C15H23N3O3S. The van der Waals surface area contributed by atoms with Crippen LogP contribution in [0.1, 0.15) is 26.2 Å². The standard InChI is InChI=1S/C15H23N3O3S/c1-15(11-21-12-15)10-17-14-6-5-13(9-16-14)22(19,20)18-7-3-2-4-8-18/h5-6,9H,2-4,7-8,10-12H2,1H3,(H,16,17). The molecule has 2 fully saturated rings. The van der Waals surface area contributed by atoms with Crippen molar-refractivity contribution in [2.45, 2.75) is 31.1 Å². The number of aromatic nitrogens is 1. The summed E-state index contributed by atoms with van der Waals surface area (Å²) in [6, 6.07) is 3.37. The molecule has 2 aliphatic heterocycles. The third-order valence-electron chi connectivity index (χ3n) is 4.29. The van der Waals surface area contributed by atoms with Gasteiger partial charge >= 0.3 is 0 Å². The summed E-state index contributed by atoms with van der Waals surface area (Å²) in [4.78, 5) is 4.52. The Morgan fingerprint density at radius 3 is 2.55 bits per heavy atom. The first-order valence-corrected chi connectivity index (χ1v) is 9.22. The van der Waals surface area contributed by atoms with Crippen molar-refractivity contribution in [3.8, 4) is 0 Å². The minimum absolute atomic E-state index is 0.153. The Bertz CT molecular complexity index is 605. The van der Waals surface area contributed by atoms with Gasteiger partial charge in [-0.05, 0) is 25.0 Å². The molecule has 0 aromatic carbocycles. The van der Waals surface area contributed by atoms with Crippen LogP contribution in [-0.4, -0.2) is 50.6 Å². The van der Waals surface area contributed by atoms with E-state index in [-0.39, 0.29) is 10.3 Å². The Kier molecular flexibility index (Phi) is 4.38. The van der Waals surface area contributed by atoms with Crippen molar-refractivity contribution in [1.29, 1.82) is 0 Å². The number of anilines is 1. The summed E-state index contributed by atoms with van der Waals surface area (Å²) in [6.07, 6.45) is 4.43. The second-order valence-corrected chi connectivity index (χ2v) is 8.44. The van der Waals surface area contributed by atoms with Gasteiger partial charge in [0.2, 0.25) is 10.0 Å². The molecule has 0 aliphatic carbocycles. The van der Waals surface area contributed by atoms with E-state index in [1.54, 1.807) is 16.4 Å². The lowest BCUT2D eigenvalue weighted by Gasteiger charge is -2.38. The van der Waals surface area contributed by atoms with Crippen LogP contribution in [0.15, 0.2) is 23.2 Å². The number of piperidine rings is 1. The third-order valence-corrected chi connectivity index (χ3v) is 6.17. The molecule has 0 spiro atoms. The Morgan fingerprint density at radius 2 is 2.00 bits per heavy atom. The molecule has 7 heteroatoms. The van der Waals surface area contributed by atoms with Crippen molar-refractivity contribution >= 4 is 15.8 Å². The van der Waals surface area contributed by atoms with Gasteiger partial charge in [-0.25, -0.2) is 13.4 Å². The highest BCUT2D eigenvalue weighted by Crippen LogP contribution is 2.27. The van der Waals surface area contributed by atoms with Crippen molar-refractivity contribution in [1.82, 2.24) is 9.29 Å². The predicted molar refractivity (Wildman–Crippen MR) is 84.3 cm³/mol. The molecule has 22 heavy (non-hydrogen) atoms. The van der Waals surface area contributed by atoms with Crippen LogP contribution in [0, 0.1) is 5.41 Å². The number of hydrogen-bond acceptors (Lipinski definition) is 5. The van der Waals surface area contributed by atoms with Gasteiger partial charge in [0.1, 0.15) is 10.7 Å². The minimum Gasteiger partial charge on any atom is -0.380 e. The zero-order valence-corrected chi connectivity index (χ0v) is 13.7. The average molecular weight is 325 g/mol. The van der Waals surface area contributed by atoms with E-state index in [9.17, 15) is 8.42 Å². The Morgan fingerprint density at radius 1 is 1.27 bits per heavy atom. The zero-order valence-electron chi connectivity index (χ0n) is 12.9. The summed E-state index contributed by atoms with van der Waals surface area (Å²) in [5, 5.41) is 3.25. The summed E-state index contributed by atoms with van der Waals surface area (Å²) >= 11 is 0. The van der Waals surface area contributed by atoms with E-state index in [1.807, 2.05) is 0 Å². The van der Waals surface area contributed by atoms with Gasteiger partial charge in [0, 0.05) is 31.2 Å². The van der Waals surface area contributed by atoms with Crippen molar-refractivity contribution in [3.05, 3.63) is 18.3 Å². The average Bonchev–Trinajstić information content (AvgIpc) is 2.52. The van der Waals surface area contributed by atoms with Gasteiger partial charge in [-0.2, -0.15) is 4.31 Å². The first-order valence-electron chi connectivity index (χ1n) is 7.78. The Labute approximate surface area is 131 Å². The molecule has 122 valence electrons. The summed E-state index contributed by atoms with van der Waals surface area (Å²) in [6.45, 7) is 5.65. The second kappa shape index (κ2) is 6.14. The normalized spacial score (nSPS) is 22.0. The molecule has 0 unspecified atom stereocenters. The summed E-state index contributed by atoms with van der Waals surface area (Å²) in [5.74, 6) is 0.700. The molecule has 0 atom stereocenters. The number of ether oxygens (including phenoxy) is 1. The zero-order chi connectivity index (χ0) is 15.6. The first kappa shape index (κ1) is 15.7. The molecule has 0 saturated carbocycles. The predicted octanol–water partition coefficient (Wildman–Crippen LogP) is 1.70. The molecular weight excluding hydrogens is 302 g/mol. The molecule has 2 saturated heterocycles. The van der Waals surface area contributed by atoms with Gasteiger partial charge in [0.15, 0.2) is 0 Å². The van der Waals surface area contributed by atoms with Crippen LogP contribution in [0.25, 0.3) is 0 Å². The van der Waals surface area contributed by atoms with Crippen LogP contribution in [0.3, 0.4) is 0 Å². The number of hydrogen-bond donors (Lipinski definition) is 1. The van der Waals surface area contributed by atoms with Crippen molar-refractivity contribution in [2.75, 3.05) is 38.2 Å². The van der Waals surface area contributed by atoms with E-state index in [0.717, 1.165) is 39.0 Å². The number of nitrogens with one attached hydrogen (secondary N) is 1. The molecule has 1 aromatic rings. The summed E-state index contributed by atoms with van der Waals surface area (Å²) < 4.78 is 31.8. The Hall–Kier alpha value is -1.18. The quantitative estimate of drug-likeness (QED) is 0.892. The second-order valence-electron chi connectivity index (χ2n) is 6.50. The van der Waals surface area contributed by atoms with Gasteiger partial charge in [0.05, 0.1) is 13.2 Å². The van der Waals surface area contributed by atoms with E-state index in [4.69, 9.17) is 4.74 Å². The van der Waals surface area contributed by atoms with E-state index in [1.165, 1.54) is 6.20 Å². The smallest absolute Gasteiger partial charge is 0.244 e. The summed E-state index contributed by atoms with van der Waals surface area (Å²) in [5.41, 5.74) is 0.153. The van der Waals surface area contributed by atoms with Gasteiger partial charge in [0.25, 0.3) is 0 Å². The highest BCUT2D eigenvalue weighted by molar-refractivity contribution is 7.89. The lowest BCUT2D eigenvalue weighted by Crippen LogP contribution is -2.45. The van der Waals surface area contributed by atoms with Crippen LogP contribution in [-0.2, 0) is 14.8 Å². The van der Waals surface area contributed by atoms with Crippen LogP contribution >= 0.6 is 0 Å². The highest BCUT2D eigenvalue weighted by atomic mass is 32.2. The van der Waals surface area contributed by atoms with Crippen LogP contribution in [0.2, 0.25) is 0 Å². The van der Waals surface area contributed by atoms with E-state index in [0.29, 0.717) is 18.9 Å². The molecule has 2 aliphatic rings. The van der Waals surface area contributed by atoms with Gasteiger partial charge in [-0.3, -0.25) is 0 Å². The topological polar surface area (TPSA) is 71.5 Å². The number of pyridine rings is 1. The molecule has 0 amide bonds. The molecule has 0 radical (unpaired) electrons. The number of nitrogens with zero attached hydrogens (tertiary/aromatic N) is 2. The van der Waals surface area contributed by atoms with Crippen molar-refractivity contribution < 1.29 is 13.2 Å². The lowest BCUT2D eigenvalue weighted by atomic mass is 9.89. The maximum atomic E-state index is 12.5. The fourth-order valence-corrected chi connectivity index (χ4v) is 4.21. The monoisotopic (exact) mass is 325 g/mol. The fourth-order valence-electron chi connectivity index (χ4n) is 2.75. The maximum Gasteiger partial charge on any atom is 0.244 e. The molecule has 0 bridgehead atoms. The minimum atomic E-state index is -3.39. The maximum absolute atomic E-state index is 12.5. The number of rotatable bonds is 5. The van der Waals surface area contributed by atoms with Gasteiger partial charge in [-0.15, -0.1) is 0 Å². The van der Waals surface area contributed by atoms with Crippen LogP contribution < -0.4 is 5.32 Å². The van der Waals surface area contributed by atoms with E-state index >= 15 is 0 Å². The van der Waals surface area contributed by atoms with Gasteiger partial charge < -0.3 is 10.1 Å². The highest BCUT2D eigenvalue weighted by Gasteiger charge is 2.33. The summed E-state index contributed by atoms with van der Waals surface area (Å²) in [7, 11) is -3.39. The van der Waals surface area contributed by atoms with Crippen LogP contribution in [0.5, 0.6) is 0 Å². The molecule has 1 N–H and O–H groups in total. The van der Waals surface area contributed by atoms with E-state index in [2.05, 4.69) is 17.2 Å². The van der Waals surface area contributed by atoms with E-state index < -0.39 is 10.0 Å². The SMILES string of the molecule is CC1(CNc2ccc(S(=O)(=O)N3CCCCC3)cn2)COC1. The third kappa shape index (κ3) is 3.26. The molecule has 3 heterocycles.